The molecule has 0 aromatic heterocycles. The summed E-state index contributed by atoms with van der Waals surface area (Å²) in [5.74, 6) is 1.40. The average Bonchev–Trinajstić information content (AvgIpc) is 2.52. The van der Waals surface area contributed by atoms with Gasteiger partial charge < -0.3 is 9.47 Å². The molecule has 0 amide bonds. The van der Waals surface area contributed by atoms with Crippen LogP contribution in [0.2, 0.25) is 0 Å². The summed E-state index contributed by atoms with van der Waals surface area (Å²) in [4.78, 5) is 12.3. The van der Waals surface area contributed by atoms with E-state index in [1.807, 2.05) is 25.1 Å². The molecule has 21 heavy (non-hydrogen) atoms. The van der Waals surface area contributed by atoms with E-state index in [1.54, 1.807) is 7.11 Å². The van der Waals surface area contributed by atoms with Crippen molar-refractivity contribution < 1.29 is 14.3 Å². The summed E-state index contributed by atoms with van der Waals surface area (Å²) in [5, 5.41) is 0. The Labute approximate surface area is 127 Å². The first-order valence-electron chi connectivity index (χ1n) is 7.93. The lowest BCUT2D eigenvalue weighted by molar-refractivity contribution is 0.0155. The van der Waals surface area contributed by atoms with Crippen molar-refractivity contribution >= 4 is 5.78 Å². The summed E-state index contributed by atoms with van der Waals surface area (Å²) in [6, 6.07) is 5.65. The third-order valence-corrected chi connectivity index (χ3v) is 4.42. The van der Waals surface area contributed by atoms with E-state index in [0.717, 1.165) is 24.3 Å². The van der Waals surface area contributed by atoms with Crippen molar-refractivity contribution in [2.45, 2.75) is 52.1 Å². The van der Waals surface area contributed by atoms with E-state index in [1.165, 1.54) is 19.3 Å². The second kappa shape index (κ2) is 7.60. The van der Waals surface area contributed by atoms with Crippen molar-refractivity contribution in [3.63, 3.8) is 0 Å². The van der Waals surface area contributed by atoms with Crippen LogP contribution >= 0.6 is 0 Å². The van der Waals surface area contributed by atoms with Gasteiger partial charge in [-0.05, 0) is 43.4 Å². The number of aryl methyl sites for hydroxylation is 1. The highest BCUT2D eigenvalue weighted by molar-refractivity contribution is 5.99. The van der Waals surface area contributed by atoms with E-state index in [2.05, 4.69) is 6.92 Å². The third-order valence-electron chi connectivity index (χ3n) is 4.42. The lowest BCUT2D eigenvalue weighted by Crippen LogP contribution is -2.25. The number of methoxy groups -OCH3 is 1. The molecule has 0 N–H and O–H groups in total. The maximum Gasteiger partial charge on any atom is 0.192 e. The Hall–Kier alpha value is -1.35. The van der Waals surface area contributed by atoms with E-state index < -0.39 is 0 Å². The number of carbonyl (C=O) groups excluding carboxylic acids is 1. The molecule has 2 atom stereocenters. The molecule has 2 rings (SSSR count). The van der Waals surface area contributed by atoms with Crippen molar-refractivity contribution in [2.24, 2.45) is 5.92 Å². The molecule has 0 bridgehead atoms. The Bertz CT molecular complexity index is 481. The summed E-state index contributed by atoms with van der Waals surface area (Å²) in [6.07, 6.45) is 6.13. The fraction of sp³-hybridized carbons (Fsp3) is 0.611. The SMILES string of the molecule is CCC1CCCC(OCC(=O)c2ccc(C)cc2OC)C1. The molecular formula is C18H26O3. The van der Waals surface area contributed by atoms with Crippen LogP contribution in [0.5, 0.6) is 5.75 Å². The maximum absolute atomic E-state index is 12.3. The average molecular weight is 290 g/mol. The summed E-state index contributed by atoms with van der Waals surface area (Å²) >= 11 is 0. The van der Waals surface area contributed by atoms with Gasteiger partial charge in [-0.1, -0.05) is 32.3 Å². The molecule has 3 heteroatoms. The highest BCUT2D eigenvalue weighted by atomic mass is 16.5. The molecule has 1 aliphatic carbocycles. The van der Waals surface area contributed by atoms with Crippen LogP contribution in [0.1, 0.15) is 54.9 Å². The summed E-state index contributed by atoms with van der Waals surface area (Å²) in [6.45, 7) is 4.37. The molecule has 1 aliphatic rings. The van der Waals surface area contributed by atoms with Crippen molar-refractivity contribution in [2.75, 3.05) is 13.7 Å². The number of ketones is 1. The number of carbonyl (C=O) groups is 1. The zero-order chi connectivity index (χ0) is 15.2. The van der Waals surface area contributed by atoms with Gasteiger partial charge >= 0.3 is 0 Å². The fourth-order valence-electron chi connectivity index (χ4n) is 3.06. The molecule has 1 fully saturated rings. The second-order valence-electron chi connectivity index (χ2n) is 6.00. The van der Waals surface area contributed by atoms with Gasteiger partial charge in [-0.25, -0.2) is 0 Å². The van der Waals surface area contributed by atoms with E-state index >= 15 is 0 Å². The lowest BCUT2D eigenvalue weighted by Gasteiger charge is -2.28. The molecule has 0 spiro atoms. The summed E-state index contributed by atoms with van der Waals surface area (Å²) < 4.78 is 11.2. The minimum absolute atomic E-state index is 0.00507. The van der Waals surface area contributed by atoms with Crippen LogP contribution in [-0.4, -0.2) is 25.6 Å². The summed E-state index contributed by atoms with van der Waals surface area (Å²) in [7, 11) is 1.60. The van der Waals surface area contributed by atoms with Gasteiger partial charge in [0.2, 0.25) is 0 Å². The Kier molecular flexibility index (Phi) is 5.80. The smallest absolute Gasteiger partial charge is 0.192 e. The first-order valence-corrected chi connectivity index (χ1v) is 7.93. The Morgan fingerprint density at radius 2 is 2.14 bits per heavy atom. The molecule has 0 radical (unpaired) electrons. The highest BCUT2D eigenvalue weighted by Gasteiger charge is 2.22. The first-order chi connectivity index (χ1) is 10.1. The molecule has 0 aliphatic heterocycles. The van der Waals surface area contributed by atoms with Crippen LogP contribution in [0, 0.1) is 12.8 Å². The molecule has 3 nitrogen and oxygen atoms in total. The molecule has 1 aromatic rings. The minimum atomic E-state index is 0.00507. The topological polar surface area (TPSA) is 35.5 Å². The number of Topliss-reactive ketones (excluding diaryl/α,β-unsaturated/α-hetero) is 1. The summed E-state index contributed by atoms with van der Waals surface area (Å²) in [5.41, 5.74) is 1.70. The van der Waals surface area contributed by atoms with Crippen LogP contribution in [-0.2, 0) is 4.74 Å². The van der Waals surface area contributed by atoms with Crippen LogP contribution < -0.4 is 4.74 Å². The van der Waals surface area contributed by atoms with Gasteiger partial charge in [0.15, 0.2) is 5.78 Å². The Balaban J connectivity index is 1.92. The molecule has 1 saturated carbocycles. The normalized spacial score (nSPS) is 22.0. The largest absolute Gasteiger partial charge is 0.496 e. The van der Waals surface area contributed by atoms with Crippen LogP contribution in [0.15, 0.2) is 18.2 Å². The van der Waals surface area contributed by atoms with E-state index in [0.29, 0.717) is 11.3 Å². The maximum atomic E-state index is 12.3. The van der Waals surface area contributed by atoms with E-state index in [4.69, 9.17) is 9.47 Å². The Morgan fingerprint density at radius 1 is 1.33 bits per heavy atom. The number of benzene rings is 1. The monoisotopic (exact) mass is 290 g/mol. The first kappa shape index (κ1) is 16.0. The molecule has 116 valence electrons. The van der Waals surface area contributed by atoms with Crippen LogP contribution in [0.25, 0.3) is 0 Å². The molecule has 2 unspecified atom stereocenters. The predicted molar refractivity (Wildman–Crippen MR) is 84.1 cm³/mol. The van der Waals surface area contributed by atoms with Gasteiger partial charge in [0.05, 0.1) is 18.8 Å². The molecule has 1 aromatic carbocycles. The highest BCUT2D eigenvalue weighted by Crippen LogP contribution is 2.28. The van der Waals surface area contributed by atoms with E-state index in [-0.39, 0.29) is 18.5 Å². The number of hydrogen-bond donors (Lipinski definition) is 0. The standard InChI is InChI=1S/C18H26O3/c1-4-14-6-5-7-15(11-14)21-12-17(19)16-9-8-13(2)10-18(16)20-3/h8-10,14-15H,4-7,11-12H2,1-3H3. The fourth-order valence-corrected chi connectivity index (χ4v) is 3.06. The van der Waals surface area contributed by atoms with Crippen LogP contribution in [0.4, 0.5) is 0 Å². The van der Waals surface area contributed by atoms with E-state index in [9.17, 15) is 4.79 Å². The van der Waals surface area contributed by atoms with Crippen molar-refractivity contribution in [3.05, 3.63) is 29.3 Å². The molecule has 0 heterocycles. The van der Waals surface area contributed by atoms with Gasteiger partial charge in [-0.2, -0.15) is 0 Å². The van der Waals surface area contributed by atoms with Crippen LogP contribution in [0.3, 0.4) is 0 Å². The zero-order valence-corrected chi connectivity index (χ0v) is 13.4. The number of rotatable bonds is 6. The van der Waals surface area contributed by atoms with Gasteiger partial charge in [0, 0.05) is 0 Å². The quantitative estimate of drug-likeness (QED) is 0.738. The van der Waals surface area contributed by atoms with Crippen molar-refractivity contribution in [3.8, 4) is 5.75 Å². The Morgan fingerprint density at radius 3 is 2.86 bits per heavy atom. The second-order valence-corrected chi connectivity index (χ2v) is 6.00. The predicted octanol–water partition coefficient (Wildman–Crippen LogP) is 4.17. The van der Waals surface area contributed by atoms with Crippen molar-refractivity contribution in [1.29, 1.82) is 0 Å². The van der Waals surface area contributed by atoms with Gasteiger partial charge in [-0.3, -0.25) is 4.79 Å². The van der Waals surface area contributed by atoms with Gasteiger partial charge in [0.1, 0.15) is 12.4 Å². The minimum Gasteiger partial charge on any atom is -0.496 e. The molecule has 0 saturated heterocycles. The lowest BCUT2D eigenvalue weighted by atomic mass is 9.85. The van der Waals surface area contributed by atoms with Gasteiger partial charge in [-0.15, -0.1) is 0 Å². The third kappa shape index (κ3) is 4.31. The number of ether oxygens (including phenoxy) is 2. The molecular weight excluding hydrogens is 264 g/mol. The number of hydrogen-bond acceptors (Lipinski definition) is 3. The van der Waals surface area contributed by atoms with Crippen molar-refractivity contribution in [1.82, 2.24) is 0 Å². The van der Waals surface area contributed by atoms with Gasteiger partial charge in [0.25, 0.3) is 0 Å². The zero-order valence-electron chi connectivity index (χ0n) is 13.4.